The quantitative estimate of drug-likeness (QED) is 0.942. The van der Waals surface area contributed by atoms with E-state index in [0.717, 1.165) is 16.1 Å². The maximum absolute atomic E-state index is 11.5. The number of rotatable bonds is 3. The average molecular weight is 288 g/mol. The van der Waals surface area contributed by atoms with Crippen molar-refractivity contribution in [2.75, 3.05) is 0 Å². The molecule has 0 spiro atoms. The Morgan fingerprint density at radius 1 is 1.45 bits per heavy atom. The van der Waals surface area contributed by atoms with Gasteiger partial charge < -0.3 is 5.11 Å². The van der Waals surface area contributed by atoms with E-state index in [1.165, 1.54) is 5.56 Å². The van der Waals surface area contributed by atoms with Crippen LogP contribution in [-0.4, -0.2) is 27.0 Å². The Kier molecular flexibility index (Phi) is 3.54. The van der Waals surface area contributed by atoms with Gasteiger partial charge in [-0.2, -0.15) is 0 Å². The van der Waals surface area contributed by atoms with Crippen molar-refractivity contribution < 1.29 is 9.90 Å². The largest absolute Gasteiger partial charge is 0.480 e. The van der Waals surface area contributed by atoms with E-state index in [-0.39, 0.29) is 0 Å². The number of fused-ring (bicyclic) bond motifs is 1. The number of aromatic nitrogens is 1. The van der Waals surface area contributed by atoms with Gasteiger partial charge in [0.1, 0.15) is 6.04 Å². The van der Waals surface area contributed by atoms with Gasteiger partial charge in [-0.3, -0.25) is 9.69 Å². The first-order chi connectivity index (χ1) is 9.65. The van der Waals surface area contributed by atoms with Crippen LogP contribution < -0.4 is 0 Å². The Bertz CT molecular complexity index is 638. The number of carboxylic acid groups (broad SMARTS) is 1. The molecule has 1 N–H and O–H groups in total. The van der Waals surface area contributed by atoms with Crippen LogP contribution in [0.3, 0.4) is 0 Å². The average Bonchev–Trinajstić information content (AvgIpc) is 2.83. The Balaban J connectivity index is 1.89. The number of carbonyl (C=O) groups is 1. The second kappa shape index (κ2) is 5.34. The molecule has 0 aliphatic carbocycles. The molecule has 5 heteroatoms. The molecule has 20 heavy (non-hydrogen) atoms. The van der Waals surface area contributed by atoms with Crippen molar-refractivity contribution in [1.82, 2.24) is 9.88 Å². The first kappa shape index (κ1) is 13.3. The molecule has 3 rings (SSSR count). The normalized spacial score (nSPS) is 18.8. The molecule has 1 aromatic heterocycles. The van der Waals surface area contributed by atoms with E-state index >= 15 is 0 Å². The van der Waals surface area contributed by atoms with Crippen LogP contribution >= 0.6 is 11.3 Å². The molecule has 0 bridgehead atoms. The second-order valence-electron chi connectivity index (χ2n) is 5.09. The third-order valence-corrected chi connectivity index (χ3v) is 4.74. The van der Waals surface area contributed by atoms with Crippen LogP contribution in [0.15, 0.2) is 29.8 Å². The van der Waals surface area contributed by atoms with Crippen molar-refractivity contribution in [3.05, 3.63) is 51.5 Å². The first-order valence-electron chi connectivity index (χ1n) is 6.57. The number of nitrogens with zero attached hydrogens (tertiary/aromatic N) is 2. The lowest BCUT2D eigenvalue weighted by Gasteiger charge is -2.34. The second-order valence-corrected chi connectivity index (χ2v) is 6.03. The summed E-state index contributed by atoms with van der Waals surface area (Å²) in [5, 5.41) is 9.48. The fraction of sp³-hybridized carbons (Fsp3) is 0.333. The molecule has 1 atom stereocenters. The Labute approximate surface area is 121 Å². The van der Waals surface area contributed by atoms with E-state index in [0.29, 0.717) is 19.5 Å². The maximum Gasteiger partial charge on any atom is 0.321 e. The summed E-state index contributed by atoms with van der Waals surface area (Å²) in [6.45, 7) is 3.31. The highest BCUT2D eigenvalue weighted by Crippen LogP contribution is 2.26. The minimum atomic E-state index is -0.748. The first-order valence-corrected chi connectivity index (χ1v) is 7.45. The van der Waals surface area contributed by atoms with E-state index in [4.69, 9.17) is 0 Å². The van der Waals surface area contributed by atoms with Crippen molar-refractivity contribution in [2.45, 2.75) is 32.5 Å². The molecule has 4 nitrogen and oxygen atoms in total. The molecule has 0 fully saturated rings. The molecule has 0 saturated heterocycles. The lowest BCUT2D eigenvalue weighted by molar-refractivity contribution is -0.144. The van der Waals surface area contributed by atoms with Crippen LogP contribution in [0.25, 0.3) is 0 Å². The van der Waals surface area contributed by atoms with Gasteiger partial charge in [0.15, 0.2) is 0 Å². The van der Waals surface area contributed by atoms with Crippen LogP contribution in [0.5, 0.6) is 0 Å². The highest BCUT2D eigenvalue weighted by Gasteiger charge is 2.31. The van der Waals surface area contributed by atoms with E-state index in [1.54, 1.807) is 11.3 Å². The number of aryl methyl sites for hydroxylation is 1. The standard InChI is InChI=1S/C15H16N2O2S/c1-10-14(20-9-16-10)8-17-7-12-5-3-2-4-11(12)6-13(17)15(18)19/h2-5,9,13H,6-8H2,1H3,(H,18,19). The summed E-state index contributed by atoms with van der Waals surface area (Å²) in [6.07, 6.45) is 0.573. The zero-order chi connectivity index (χ0) is 14.1. The Hall–Kier alpha value is -1.72. The van der Waals surface area contributed by atoms with E-state index in [1.807, 2.05) is 35.5 Å². The van der Waals surface area contributed by atoms with Gasteiger partial charge in [-0.15, -0.1) is 11.3 Å². The third-order valence-electron chi connectivity index (χ3n) is 3.82. The van der Waals surface area contributed by atoms with Crippen molar-refractivity contribution >= 4 is 17.3 Å². The highest BCUT2D eigenvalue weighted by atomic mass is 32.1. The topological polar surface area (TPSA) is 53.4 Å². The molecule has 1 aliphatic rings. The zero-order valence-electron chi connectivity index (χ0n) is 11.2. The lowest BCUT2D eigenvalue weighted by Crippen LogP contribution is -2.44. The molecule has 1 unspecified atom stereocenters. The lowest BCUT2D eigenvalue weighted by atomic mass is 9.94. The number of benzene rings is 1. The molecule has 104 valence electrons. The van der Waals surface area contributed by atoms with Crippen molar-refractivity contribution in [3.8, 4) is 0 Å². The smallest absolute Gasteiger partial charge is 0.321 e. The predicted octanol–water partition coefficient (Wildman–Crippen LogP) is 2.46. The third kappa shape index (κ3) is 2.46. The summed E-state index contributed by atoms with van der Waals surface area (Å²) in [5.74, 6) is -0.748. The number of thiazole rings is 1. The zero-order valence-corrected chi connectivity index (χ0v) is 12.1. The predicted molar refractivity (Wildman–Crippen MR) is 77.7 cm³/mol. The summed E-state index contributed by atoms with van der Waals surface area (Å²) < 4.78 is 0. The Morgan fingerprint density at radius 2 is 2.20 bits per heavy atom. The van der Waals surface area contributed by atoms with Crippen LogP contribution in [0.1, 0.15) is 21.7 Å². The SMILES string of the molecule is Cc1ncsc1CN1Cc2ccccc2CC1C(=O)O. The van der Waals surface area contributed by atoms with Gasteiger partial charge >= 0.3 is 5.97 Å². The number of carboxylic acids is 1. The summed E-state index contributed by atoms with van der Waals surface area (Å²) in [5.41, 5.74) is 5.19. The van der Waals surface area contributed by atoms with Gasteiger partial charge in [0.05, 0.1) is 11.2 Å². The molecule has 0 radical (unpaired) electrons. The molecule has 0 amide bonds. The summed E-state index contributed by atoms with van der Waals surface area (Å²) in [4.78, 5) is 19.0. The molecule has 1 aromatic carbocycles. The van der Waals surface area contributed by atoms with Crippen molar-refractivity contribution in [2.24, 2.45) is 0 Å². The van der Waals surface area contributed by atoms with Crippen LogP contribution in [0, 0.1) is 6.92 Å². The van der Waals surface area contributed by atoms with Gasteiger partial charge in [0.2, 0.25) is 0 Å². The van der Waals surface area contributed by atoms with Gasteiger partial charge in [-0.25, -0.2) is 4.98 Å². The van der Waals surface area contributed by atoms with E-state index in [9.17, 15) is 9.90 Å². The highest BCUT2D eigenvalue weighted by molar-refractivity contribution is 7.09. The molecule has 2 heterocycles. The monoisotopic (exact) mass is 288 g/mol. The van der Waals surface area contributed by atoms with E-state index in [2.05, 4.69) is 11.1 Å². The van der Waals surface area contributed by atoms with Crippen LogP contribution in [0.4, 0.5) is 0 Å². The van der Waals surface area contributed by atoms with Crippen LogP contribution in [0.2, 0.25) is 0 Å². The van der Waals surface area contributed by atoms with Crippen molar-refractivity contribution in [3.63, 3.8) is 0 Å². The number of hydrogen-bond donors (Lipinski definition) is 1. The molecule has 1 aliphatic heterocycles. The Morgan fingerprint density at radius 3 is 2.85 bits per heavy atom. The van der Waals surface area contributed by atoms with E-state index < -0.39 is 12.0 Å². The minimum Gasteiger partial charge on any atom is -0.480 e. The summed E-state index contributed by atoms with van der Waals surface area (Å²) in [7, 11) is 0. The molecular weight excluding hydrogens is 272 g/mol. The fourth-order valence-electron chi connectivity index (χ4n) is 2.65. The minimum absolute atomic E-state index is 0.452. The van der Waals surface area contributed by atoms with Gasteiger partial charge in [0, 0.05) is 18.0 Å². The van der Waals surface area contributed by atoms with Gasteiger partial charge in [0.25, 0.3) is 0 Å². The van der Waals surface area contributed by atoms with Crippen molar-refractivity contribution in [1.29, 1.82) is 0 Å². The number of aliphatic carboxylic acids is 1. The van der Waals surface area contributed by atoms with Gasteiger partial charge in [-0.05, 0) is 24.5 Å². The summed E-state index contributed by atoms with van der Waals surface area (Å²) >= 11 is 1.59. The molecule has 2 aromatic rings. The molecule has 0 saturated carbocycles. The fourth-order valence-corrected chi connectivity index (χ4v) is 3.45. The maximum atomic E-state index is 11.5. The molecular formula is C15H16N2O2S. The van der Waals surface area contributed by atoms with Gasteiger partial charge in [-0.1, -0.05) is 24.3 Å². The van der Waals surface area contributed by atoms with Crippen LogP contribution in [-0.2, 0) is 24.3 Å². The summed E-state index contributed by atoms with van der Waals surface area (Å²) in [6, 6.07) is 7.64. The number of hydrogen-bond acceptors (Lipinski definition) is 4.